The zero-order valence-corrected chi connectivity index (χ0v) is 23.3. The molecule has 5 rings (SSSR count). The highest BCUT2D eigenvalue weighted by Crippen LogP contribution is 2.41. The number of anilines is 1. The molecule has 0 aliphatic carbocycles. The lowest BCUT2D eigenvalue weighted by Crippen LogP contribution is -2.35. The third kappa shape index (κ3) is 6.97. The molecule has 2 aromatic rings. The molecule has 1 aromatic carbocycles. The van der Waals surface area contributed by atoms with Gasteiger partial charge in [-0.15, -0.1) is 0 Å². The van der Waals surface area contributed by atoms with E-state index in [-0.39, 0.29) is 17.6 Å². The third-order valence-electron chi connectivity index (χ3n) is 8.36. The monoisotopic (exact) mass is 539 g/mol. The summed E-state index contributed by atoms with van der Waals surface area (Å²) >= 11 is 0. The predicted octanol–water partition coefficient (Wildman–Crippen LogP) is 5.70. The molecule has 1 aromatic heterocycles. The molecule has 8 heteroatoms. The van der Waals surface area contributed by atoms with Gasteiger partial charge in [-0.3, -0.25) is 9.69 Å². The standard InChI is InChI=1S/C31H42FN3O4/c1-31(2)14-12-27(39-20-31)25-11-9-22(32)18-26(25)28(30(36)37)35-16-13-24(19-35)38-17-4-3-7-23-10-8-21-6-5-15-33-29(21)34-23/h8-11,18,24,27-28H,3-7,12-17,19-20H2,1-2H3,(H,33,34)(H,36,37). The number of hydrogen-bond acceptors (Lipinski definition) is 6. The number of nitrogens with one attached hydrogen (secondary N) is 1. The smallest absolute Gasteiger partial charge is 0.325 e. The highest BCUT2D eigenvalue weighted by Gasteiger charge is 2.38. The van der Waals surface area contributed by atoms with E-state index in [1.165, 1.54) is 17.7 Å². The van der Waals surface area contributed by atoms with Crippen LogP contribution in [0.25, 0.3) is 0 Å². The lowest BCUT2D eigenvalue weighted by atomic mass is 9.82. The van der Waals surface area contributed by atoms with Gasteiger partial charge >= 0.3 is 5.97 Å². The Hall–Kier alpha value is -2.55. The van der Waals surface area contributed by atoms with Crippen LogP contribution in [-0.2, 0) is 27.1 Å². The number of hydrogen-bond donors (Lipinski definition) is 2. The molecule has 4 heterocycles. The van der Waals surface area contributed by atoms with Crippen LogP contribution in [0.15, 0.2) is 30.3 Å². The van der Waals surface area contributed by atoms with Gasteiger partial charge in [0.25, 0.3) is 0 Å². The Morgan fingerprint density at radius 1 is 1.28 bits per heavy atom. The maximum absolute atomic E-state index is 14.4. The van der Waals surface area contributed by atoms with Crippen molar-refractivity contribution < 1.29 is 23.8 Å². The quantitative estimate of drug-likeness (QED) is 0.375. The van der Waals surface area contributed by atoms with E-state index in [4.69, 9.17) is 14.5 Å². The van der Waals surface area contributed by atoms with Crippen LogP contribution in [0.1, 0.15) is 86.9 Å². The van der Waals surface area contributed by atoms with Gasteiger partial charge in [-0.25, -0.2) is 9.37 Å². The second-order valence-electron chi connectivity index (χ2n) is 12.1. The largest absolute Gasteiger partial charge is 0.480 e. The van der Waals surface area contributed by atoms with Crippen LogP contribution in [0.4, 0.5) is 10.2 Å². The topological polar surface area (TPSA) is 83.9 Å². The average molecular weight is 540 g/mol. The summed E-state index contributed by atoms with van der Waals surface area (Å²) in [5, 5.41) is 13.6. The molecule has 3 aliphatic rings. The van der Waals surface area contributed by atoms with Crippen molar-refractivity contribution in [1.29, 1.82) is 0 Å². The first kappa shape index (κ1) is 28.0. The normalized spacial score (nSPS) is 23.7. The fourth-order valence-corrected chi connectivity index (χ4v) is 6.10. The van der Waals surface area contributed by atoms with E-state index in [1.807, 2.05) is 4.90 Å². The molecular weight excluding hydrogens is 497 g/mol. The lowest BCUT2D eigenvalue weighted by Gasteiger charge is -2.36. The van der Waals surface area contributed by atoms with Crippen molar-refractivity contribution in [3.8, 4) is 0 Å². The summed E-state index contributed by atoms with van der Waals surface area (Å²) in [6.45, 7) is 7.68. The number of nitrogens with zero attached hydrogens (tertiary/aromatic N) is 2. The number of ether oxygens (including phenoxy) is 2. The molecule has 7 nitrogen and oxygen atoms in total. The Bertz CT molecular complexity index is 1150. The summed E-state index contributed by atoms with van der Waals surface area (Å²) in [6.07, 6.45) is 7.38. The first-order valence-corrected chi connectivity index (χ1v) is 14.5. The minimum atomic E-state index is -0.967. The van der Waals surface area contributed by atoms with E-state index in [9.17, 15) is 14.3 Å². The summed E-state index contributed by atoms with van der Waals surface area (Å²) in [7, 11) is 0. The summed E-state index contributed by atoms with van der Waals surface area (Å²) in [4.78, 5) is 19.2. The molecule has 2 fully saturated rings. The summed E-state index contributed by atoms with van der Waals surface area (Å²) in [6, 6.07) is 7.90. The van der Waals surface area contributed by atoms with E-state index in [0.29, 0.717) is 31.9 Å². The predicted molar refractivity (Wildman–Crippen MR) is 148 cm³/mol. The molecule has 39 heavy (non-hydrogen) atoms. The molecule has 3 atom stereocenters. The number of fused-ring (bicyclic) bond motifs is 1. The summed E-state index contributed by atoms with van der Waals surface area (Å²) in [5.41, 5.74) is 3.79. The number of carboxylic acid groups (broad SMARTS) is 1. The number of unbranched alkanes of at least 4 members (excludes halogenated alkanes) is 1. The van der Waals surface area contributed by atoms with Gasteiger partial charge in [-0.2, -0.15) is 0 Å². The van der Waals surface area contributed by atoms with Crippen molar-refractivity contribution in [2.75, 3.05) is 38.2 Å². The summed E-state index contributed by atoms with van der Waals surface area (Å²) < 4.78 is 26.7. The van der Waals surface area contributed by atoms with Crippen LogP contribution in [-0.4, -0.2) is 59.9 Å². The number of halogens is 1. The highest BCUT2D eigenvalue weighted by atomic mass is 19.1. The molecule has 3 unspecified atom stereocenters. The molecule has 0 saturated carbocycles. The van der Waals surface area contributed by atoms with E-state index >= 15 is 0 Å². The lowest BCUT2D eigenvalue weighted by molar-refractivity contribution is -0.143. The Morgan fingerprint density at radius 2 is 2.15 bits per heavy atom. The van der Waals surface area contributed by atoms with Gasteiger partial charge < -0.3 is 19.9 Å². The molecule has 0 radical (unpaired) electrons. The fraction of sp³-hybridized carbons (Fsp3) is 0.613. The van der Waals surface area contributed by atoms with Crippen molar-refractivity contribution in [2.24, 2.45) is 5.41 Å². The number of carboxylic acids is 1. The average Bonchev–Trinajstić information content (AvgIpc) is 3.37. The number of carbonyl (C=O) groups is 1. The fourth-order valence-electron chi connectivity index (χ4n) is 6.10. The second-order valence-corrected chi connectivity index (χ2v) is 12.1. The van der Waals surface area contributed by atoms with Crippen LogP contribution in [0.2, 0.25) is 0 Å². The molecule has 0 amide bonds. The Kier molecular flexibility index (Phi) is 8.84. The second kappa shape index (κ2) is 12.3. The molecule has 3 aliphatic heterocycles. The minimum absolute atomic E-state index is 0.0262. The maximum Gasteiger partial charge on any atom is 0.325 e. The van der Waals surface area contributed by atoms with Gasteiger partial charge in [0.15, 0.2) is 0 Å². The van der Waals surface area contributed by atoms with Gasteiger partial charge in [0.1, 0.15) is 17.7 Å². The van der Waals surface area contributed by atoms with Gasteiger partial charge in [0.05, 0.1) is 18.8 Å². The van der Waals surface area contributed by atoms with Crippen LogP contribution in [0, 0.1) is 11.2 Å². The highest BCUT2D eigenvalue weighted by molar-refractivity contribution is 5.76. The Balaban J connectivity index is 1.14. The van der Waals surface area contributed by atoms with Crippen molar-refractivity contribution in [3.05, 3.63) is 58.5 Å². The number of aromatic nitrogens is 1. The van der Waals surface area contributed by atoms with Crippen LogP contribution in [0.3, 0.4) is 0 Å². The SMILES string of the molecule is CC1(C)CCC(c2ccc(F)cc2C(C(=O)O)N2CCC(OCCCCc3ccc4c(n3)NCCC4)C2)OC1. The molecular formula is C31H42FN3O4. The number of aryl methyl sites for hydroxylation is 2. The number of aliphatic carboxylic acids is 1. The van der Waals surface area contributed by atoms with Gasteiger partial charge in [-0.1, -0.05) is 26.0 Å². The van der Waals surface area contributed by atoms with Gasteiger partial charge in [-0.05, 0) is 91.7 Å². The first-order valence-electron chi connectivity index (χ1n) is 14.5. The number of benzene rings is 1. The van der Waals surface area contributed by atoms with E-state index in [1.54, 1.807) is 6.07 Å². The van der Waals surface area contributed by atoms with Crippen LogP contribution in [0.5, 0.6) is 0 Å². The Morgan fingerprint density at radius 3 is 2.95 bits per heavy atom. The minimum Gasteiger partial charge on any atom is -0.480 e. The third-order valence-corrected chi connectivity index (χ3v) is 8.36. The zero-order valence-electron chi connectivity index (χ0n) is 23.3. The molecule has 212 valence electrons. The molecule has 2 saturated heterocycles. The number of pyridine rings is 1. The van der Waals surface area contributed by atoms with Gasteiger partial charge in [0.2, 0.25) is 0 Å². The Labute approximate surface area is 231 Å². The van der Waals surface area contributed by atoms with Crippen LogP contribution >= 0.6 is 0 Å². The van der Waals surface area contributed by atoms with Crippen molar-refractivity contribution in [3.63, 3.8) is 0 Å². The number of rotatable bonds is 10. The first-order chi connectivity index (χ1) is 18.8. The van der Waals surface area contributed by atoms with Crippen molar-refractivity contribution in [2.45, 2.75) is 83.5 Å². The van der Waals surface area contributed by atoms with Crippen LogP contribution < -0.4 is 5.32 Å². The van der Waals surface area contributed by atoms with Crippen molar-refractivity contribution in [1.82, 2.24) is 9.88 Å². The van der Waals surface area contributed by atoms with E-state index < -0.39 is 17.8 Å². The number of likely N-dealkylation sites (tertiary alicyclic amines) is 1. The maximum atomic E-state index is 14.4. The molecule has 0 bridgehead atoms. The van der Waals surface area contributed by atoms with E-state index in [0.717, 1.165) is 75.0 Å². The van der Waals surface area contributed by atoms with Gasteiger partial charge in [0, 0.05) is 31.9 Å². The molecule has 2 N–H and O–H groups in total. The van der Waals surface area contributed by atoms with Crippen molar-refractivity contribution >= 4 is 11.8 Å². The molecule has 0 spiro atoms. The summed E-state index contributed by atoms with van der Waals surface area (Å²) in [5.74, 6) is -0.354. The zero-order chi connectivity index (χ0) is 27.4. The van der Waals surface area contributed by atoms with E-state index in [2.05, 4.69) is 31.3 Å².